The molecule has 1 aliphatic carbocycles. The number of aromatic nitrogens is 3. The first kappa shape index (κ1) is 17.3. The molecular weight excluding hydrogens is 371 g/mol. The van der Waals surface area contributed by atoms with E-state index in [1.807, 2.05) is 18.2 Å². The summed E-state index contributed by atoms with van der Waals surface area (Å²) in [6.07, 6.45) is 0.822. The number of imidazole rings is 1. The van der Waals surface area contributed by atoms with Gasteiger partial charge in [0.1, 0.15) is 17.2 Å². The Morgan fingerprint density at radius 2 is 2.11 bits per heavy atom. The van der Waals surface area contributed by atoms with Crippen LogP contribution in [0.2, 0.25) is 0 Å². The van der Waals surface area contributed by atoms with Crippen LogP contribution in [-0.4, -0.2) is 39.9 Å². The van der Waals surface area contributed by atoms with Gasteiger partial charge in [-0.25, -0.2) is 9.97 Å². The van der Waals surface area contributed by atoms with Gasteiger partial charge in [-0.1, -0.05) is 6.07 Å². The number of hydrogen-bond acceptors (Lipinski definition) is 5. The quantitative estimate of drug-likeness (QED) is 0.716. The Labute approximate surface area is 158 Å². The molecule has 0 radical (unpaired) electrons. The molecule has 1 atom stereocenters. The standard InChI is InChI=1S/C19H18F3N5O/c20-19(21,22)28-12-4-7-27-14(9-24-17(27)8-12)13-2-1-3-16(25-13)26-15-10-23-11-18(15)5-6-18/h1-4,7-9,15,23H,5-6,10-11H2,(H,25,26). The van der Waals surface area contributed by atoms with Crippen molar-refractivity contribution in [1.29, 1.82) is 0 Å². The molecule has 28 heavy (non-hydrogen) atoms. The van der Waals surface area contributed by atoms with Crippen LogP contribution in [0.25, 0.3) is 17.0 Å². The number of nitrogens with one attached hydrogen (secondary N) is 2. The number of rotatable bonds is 4. The smallest absolute Gasteiger partial charge is 0.406 e. The topological polar surface area (TPSA) is 63.5 Å². The van der Waals surface area contributed by atoms with Gasteiger partial charge in [-0.2, -0.15) is 0 Å². The Morgan fingerprint density at radius 1 is 1.25 bits per heavy atom. The van der Waals surface area contributed by atoms with E-state index >= 15 is 0 Å². The van der Waals surface area contributed by atoms with Crippen LogP contribution in [0.3, 0.4) is 0 Å². The normalized spacial score (nSPS) is 20.6. The molecule has 6 nitrogen and oxygen atoms in total. The zero-order valence-electron chi connectivity index (χ0n) is 14.8. The Morgan fingerprint density at radius 3 is 2.89 bits per heavy atom. The SMILES string of the molecule is FC(F)(F)Oc1ccn2c(-c3cccc(NC4CNCC45CC5)n3)cnc2c1. The highest BCUT2D eigenvalue weighted by Gasteiger charge is 2.52. The van der Waals surface area contributed by atoms with Crippen molar-refractivity contribution in [3.63, 3.8) is 0 Å². The van der Waals surface area contributed by atoms with Crippen LogP contribution in [0, 0.1) is 5.41 Å². The molecule has 5 rings (SSSR count). The molecule has 1 spiro atoms. The van der Waals surface area contributed by atoms with Crippen LogP contribution in [-0.2, 0) is 0 Å². The molecule has 0 aromatic carbocycles. The van der Waals surface area contributed by atoms with Crippen LogP contribution >= 0.6 is 0 Å². The van der Waals surface area contributed by atoms with E-state index in [-0.39, 0.29) is 5.75 Å². The molecule has 4 heterocycles. The third kappa shape index (κ3) is 3.15. The van der Waals surface area contributed by atoms with Crippen molar-refractivity contribution < 1.29 is 17.9 Å². The van der Waals surface area contributed by atoms with Gasteiger partial charge in [0, 0.05) is 36.8 Å². The lowest BCUT2D eigenvalue weighted by atomic mass is 10.0. The van der Waals surface area contributed by atoms with E-state index in [0.717, 1.165) is 18.9 Å². The van der Waals surface area contributed by atoms with Gasteiger partial charge < -0.3 is 15.4 Å². The maximum absolute atomic E-state index is 12.4. The molecule has 0 amide bonds. The summed E-state index contributed by atoms with van der Waals surface area (Å²) in [4.78, 5) is 8.89. The van der Waals surface area contributed by atoms with Gasteiger partial charge in [0.2, 0.25) is 0 Å². The summed E-state index contributed by atoms with van der Waals surface area (Å²) in [6, 6.07) is 8.56. The third-order valence-electron chi connectivity index (χ3n) is 5.51. The van der Waals surface area contributed by atoms with Gasteiger partial charge in [0.15, 0.2) is 0 Å². The lowest BCUT2D eigenvalue weighted by molar-refractivity contribution is -0.274. The molecule has 1 saturated heterocycles. The molecule has 3 aromatic heterocycles. The fourth-order valence-corrected chi connectivity index (χ4v) is 3.88. The maximum atomic E-state index is 12.4. The molecule has 2 N–H and O–H groups in total. The van der Waals surface area contributed by atoms with Crippen molar-refractivity contribution in [2.24, 2.45) is 5.41 Å². The monoisotopic (exact) mass is 389 g/mol. The van der Waals surface area contributed by atoms with Crippen LogP contribution in [0.5, 0.6) is 5.75 Å². The highest BCUT2D eigenvalue weighted by atomic mass is 19.4. The minimum atomic E-state index is -4.73. The Bertz CT molecular complexity index is 1030. The number of fused-ring (bicyclic) bond motifs is 1. The largest absolute Gasteiger partial charge is 0.573 e. The van der Waals surface area contributed by atoms with Crippen LogP contribution in [0.1, 0.15) is 12.8 Å². The second-order valence-corrected chi connectivity index (χ2v) is 7.38. The van der Waals surface area contributed by atoms with Crippen LogP contribution in [0.15, 0.2) is 42.7 Å². The number of ether oxygens (including phenoxy) is 1. The van der Waals surface area contributed by atoms with Crippen molar-refractivity contribution in [2.75, 3.05) is 18.4 Å². The first-order chi connectivity index (χ1) is 13.4. The number of anilines is 1. The highest BCUT2D eigenvalue weighted by Crippen LogP contribution is 2.51. The fraction of sp³-hybridized carbons (Fsp3) is 0.368. The zero-order chi connectivity index (χ0) is 19.4. The molecular formula is C19H18F3N5O. The molecule has 1 aliphatic heterocycles. The van der Waals surface area contributed by atoms with E-state index in [1.54, 1.807) is 10.6 Å². The van der Waals surface area contributed by atoms with Crippen LogP contribution in [0.4, 0.5) is 19.0 Å². The predicted molar refractivity (Wildman–Crippen MR) is 97.1 cm³/mol. The van der Waals surface area contributed by atoms with E-state index in [4.69, 9.17) is 4.98 Å². The van der Waals surface area contributed by atoms with Gasteiger partial charge in [0.25, 0.3) is 0 Å². The summed E-state index contributed by atoms with van der Waals surface area (Å²) >= 11 is 0. The predicted octanol–water partition coefficient (Wildman–Crippen LogP) is 3.46. The van der Waals surface area contributed by atoms with Crippen molar-refractivity contribution in [2.45, 2.75) is 25.2 Å². The lowest BCUT2D eigenvalue weighted by Gasteiger charge is -2.19. The molecule has 146 valence electrons. The minimum absolute atomic E-state index is 0.302. The number of halogens is 3. The van der Waals surface area contributed by atoms with Crippen molar-refractivity contribution in [1.82, 2.24) is 19.7 Å². The Kier molecular flexibility index (Phi) is 3.77. The molecule has 2 aliphatic rings. The number of pyridine rings is 2. The van der Waals surface area contributed by atoms with Crippen molar-refractivity contribution in [3.8, 4) is 17.1 Å². The zero-order valence-corrected chi connectivity index (χ0v) is 14.8. The highest BCUT2D eigenvalue weighted by molar-refractivity contribution is 5.63. The summed E-state index contributed by atoms with van der Waals surface area (Å²) < 4.78 is 42.9. The lowest BCUT2D eigenvalue weighted by Crippen LogP contribution is -2.29. The minimum Gasteiger partial charge on any atom is -0.406 e. The summed E-state index contributed by atoms with van der Waals surface area (Å²) in [6.45, 7) is 1.96. The number of alkyl halides is 3. The summed E-state index contributed by atoms with van der Waals surface area (Å²) in [5, 5.41) is 6.97. The van der Waals surface area contributed by atoms with E-state index in [2.05, 4.69) is 20.4 Å². The van der Waals surface area contributed by atoms with Gasteiger partial charge >= 0.3 is 6.36 Å². The van der Waals surface area contributed by atoms with Gasteiger partial charge in [-0.15, -0.1) is 13.2 Å². The molecule has 2 fully saturated rings. The molecule has 9 heteroatoms. The summed E-state index contributed by atoms with van der Waals surface area (Å²) in [5.74, 6) is 0.480. The second-order valence-electron chi connectivity index (χ2n) is 7.38. The maximum Gasteiger partial charge on any atom is 0.573 e. The summed E-state index contributed by atoms with van der Waals surface area (Å²) in [5.41, 5.74) is 2.10. The van der Waals surface area contributed by atoms with E-state index in [0.29, 0.717) is 28.5 Å². The molecule has 0 bridgehead atoms. The molecule has 1 unspecified atom stereocenters. The first-order valence-corrected chi connectivity index (χ1v) is 9.10. The number of nitrogens with zero attached hydrogens (tertiary/aromatic N) is 3. The number of hydrogen-bond donors (Lipinski definition) is 2. The summed E-state index contributed by atoms with van der Waals surface area (Å²) in [7, 11) is 0. The fourth-order valence-electron chi connectivity index (χ4n) is 3.88. The second kappa shape index (κ2) is 6.10. The van der Waals surface area contributed by atoms with Gasteiger partial charge in [0.05, 0.1) is 17.6 Å². The van der Waals surface area contributed by atoms with E-state index in [9.17, 15) is 13.2 Å². The first-order valence-electron chi connectivity index (χ1n) is 9.10. The average molecular weight is 389 g/mol. The molecule has 3 aromatic rings. The molecule has 1 saturated carbocycles. The Balaban J connectivity index is 1.42. The van der Waals surface area contributed by atoms with E-state index < -0.39 is 6.36 Å². The third-order valence-corrected chi connectivity index (χ3v) is 5.51. The average Bonchev–Trinajstić information content (AvgIpc) is 3.14. The van der Waals surface area contributed by atoms with Crippen molar-refractivity contribution in [3.05, 3.63) is 42.7 Å². The van der Waals surface area contributed by atoms with Crippen LogP contribution < -0.4 is 15.4 Å². The van der Waals surface area contributed by atoms with Gasteiger partial charge in [-0.05, 0) is 31.0 Å². The van der Waals surface area contributed by atoms with E-state index in [1.165, 1.54) is 31.2 Å². The Hall–Kier alpha value is -2.81. The van der Waals surface area contributed by atoms with Crippen molar-refractivity contribution >= 4 is 11.5 Å². The van der Waals surface area contributed by atoms with Gasteiger partial charge in [-0.3, -0.25) is 4.40 Å².